The number of hydrogen-bond acceptors (Lipinski definition) is 7. The van der Waals surface area contributed by atoms with Crippen molar-refractivity contribution in [3.8, 4) is 0 Å². The Bertz CT molecular complexity index is 822. The molecule has 0 spiro atoms. The van der Waals surface area contributed by atoms with Gasteiger partial charge in [0.05, 0.1) is 6.54 Å². The molecule has 0 aliphatic rings. The predicted molar refractivity (Wildman–Crippen MR) is 122 cm³/mol. The van der Waals surface area contributed by atoms with Gasteiger partial charge >= 0.3 is 11.9 Å². The highest BCUT2D eigenvalue weighted by molar-refractivity contribution is 7.98. The maximum absolute atomic E-state index is 12.9. The number of rotatable bonds is 15. The van der Waals surface area contributed by atoms with Crippen molar-refractivity contribution in [2.24, 2.45) is 5.73 Å². The molecule has 11 nitrogen and oxygen atoms in total. The summed E-state index contributed by atoms with van der Waals surface area (Å²) in [5.41, 5.74) is 5.98. The van der Waals surface area contributed by atoms with Crippen molar-refractivity contribution < 1.29 is 34.2 Å². The number of aliphatic carboxylic acids is 2. The van der Waals surface area contributed by atoms with Crippen LogP contribution in [0.1, 0.15) is 24.8 Å². The van der Waals surface area contributed by atoms with E-state index in [2.05, 4.69) is 16.0 Å². The second kappa shape index (κ2) is 14.9. The summed E-state index contributed by atoms with van der Waals surface area (Å²) < 4.78 is 0. The van der Waals surface area contributed by atoms with Crippen molar-refractivity contribution in [3.63, 3.8) is 0 Å². The topological polar surface area (TPSA) is 188 Å². The number of hydrogen-bond donors (Lipinski definition) is 6. The number of carboxylic acids is 2. The molecule has 182 valence electrons. The molecule has 3 unspecified atom stereocenters. The fourth-order valence-corrected chi connectivity index (χ4v) is 3.36. The molecule has 0 fully saturated rings. The second-order valence-corrected chi connectivity index (χ2v) is 8.17. The van der Waals surface area contributed by atoms with Gasteiger partial charge in [-0.05, 0) is 30.4 Å². The maximum Gasteiger partial charge on any atom is 0.326 e. The summed E-state index contributed by atoms with van der Waals surface area (Å²) in [6.45, 7) is -0.402. The fourth-order valence-electron chi connectivity index (χ4n) is 2.89. The van der Waals surface area contributed by atoms with Crippen LogP contribution >= 0.6 is 11.8 Å². The van der Waals surface area contributed by atoms with Gasteiger partial charge < -0.3 is 31.9 Å². The van der Waals surface area contributed by atoms with Gasteiger partial charge in [0.15, 0.2) is 0 Å². The van der Waals surface area contributed by atoms with Crippen LogP contribution < -0.4 is 21.7 Å². The van der Waals surface area contributed by atoms with E-state index in [4.69, 9.17) is 10.8 Å². The summed E-state index contributed by atoms with van der Waals surface area (Å²) in [5.74, 6) is -3.99. The molecule has 0 saturated heterocycles. The van der Waals surface area contributed by atoms with Crippen LogP contribution in [0.2, 0.25) is 0 Å². The average Bonchev–Trinajstić information content (AvgIpc) is 2.78. The van der Waals surface area contributed by atoms with Gasteiger partial charge in [0.1, 0.15) is 18.1 Å². The van der Waals surface area contributed by atoms with Crippen molar-refractivity contribution in [2.45, 2.75) is 43.8 Å². The lowest BCUT2D eigenvalue weighted by atomic mass is 10.0. The van der Waals surface area contributed by atoms with Gasteiger partial charge in [-0.25, -0.2) is 4.79 Å². The minimum absolute atomic E-state index is 0.0593. The molecule has 7 N–H and O–H groups in total. The highest BCUT2D eigenvalue weighted by Gasteiger charge is 2.29. The Kier molecular flexibility index (Phi) is 12.6. The van der Waals surface area contributed by atoms with Crippen LogP contribution in [0.25, 0.3) is 0 Å². The summed E-state index contributed by atoms with van der Waals surface area (Å²) in [4.78, 5) is 59.9. The Labute approximate surface area is 195 Å². The third-order valence-corrected chi connectivity index (χ3v) is 5.27. The number of benzene rings is 1. The van der Waals surface area contributed by atoms with Gasteiger partial charge in [0.2, 0.25) is 17.7 Å². The quantitative estimate of drug-likeness (QED) is 0.189. The van der Waals surface area contributed by atoms with Crippen LogP contribution in [0.5, 0.6) is 0 Å². The lowest BCUT2D eigenvalue weighted by molar-refractivity contribution is -0.142. The molecule has 1 aromatic carbocycles. The van der Waals surface area contributed by atoms with E-state index in [1.165, 1.54) is 11.8 Å². The molecule has 0 radical (unpaired) electrons. The Balaban J connectivity index is 3.06. The molecular weight excluding hydrogens is 452 g/mol. The van der Waals surface area contributed by atoms with Crippen molar-refractivity contribution in [2.75, 3.05) is 18.6 Å². The molecule has 0 aliphatic carbocycles. The molecule has 0 heterocycles. The number of carbonyl (C=O) groups excluding carboxylic acids is 3. The number of thioether (sulfide) groups is 1. The highest BCUT2D eigenvalue weighted by atomic mass is 32.2. The summed E-state index contributed by atoms with van der Waals surface area (Å²) in [7, 11) is 0. The van der Waals surface area contributed by atoms with E-state index in [9.17, 15) is 29.1 Å². The first kappa shape index (κ1) is 27.9. The zero-order valence-corrected chi connectivity index (χ0v) is 19.1. The van der Waals surface area contributed by atoms with E-state index in [0.717, 1.165) is 0 Å². The SMILES string of the molecule is CSCCC(NC(=O)C(Cc1ccccc1)NC(=O)C(CCC(=O)O)NC(=O)CN)C(=O)O. The predicted octanol–water partition coefficient (Wildman–Crippen LogP) is -0.655. The van der Waals surface area contributed by atoms with E-state index in [1.807, 2.05) is 6.26 Å². The summed E-state index contributed by atoms with van der Waals surface area (Å²) in [6, 6.07) is 5.25. The molecule has 0 aliphatic heterocycles. The van der Waals surface area contributed by atoms with Crippen molar-refractivity contribution in [1.29, 1.82) is 0 Å². The minimum Gasteiger partial charge on any atom is -0.481 e. The average molecular weight is 483 g/mol. The van der Waals surface area contributed by atoms with Crippen molar-refractivity contribution in [1.82, 2.24) is 16.0 Å². The number of amides is 3. The molecule has 1 rings (SSSR count). The van der Waals surface area contributed by atoms with E-state index in [0.29, 0.717) is 11.3 Å². The Morgan fingerprint density at radius 1 is 0.909 bits per heavy atom. The Hall–Kier alpha value is -3.12. The van der Waals surface area contributed by atoms with Crippen LogP contribution in [0.15, 0.2) is 30.3 Å². The molecule has 12 heteroatoms. The first-order valence-corrected chi connectivity index (χ1v) is 11.6. The summed E-state index contributed by atoms with van der Waals surface area (Å²) in [6.07, 6.45) is 1.46. The minimum atomic E-state index is -1.23. The zero-order valence-electron chi connectivity index (χ0n) is 18.3. The first-order valence-electron chi connectivity index (χ1n) is 10.3. The molecular formula is C21H30N4O7S. The van der Waals surface area contributed by atoms with Gasteiger partial charge in [-0.1, -0.05) is 30.3 Å². The molecule has 0 saturated carbocycles. The molecule has 0 aromatic heterocycles. The van der Waals surface area contributed by atoms with Crippen LogP contribution in [0.3, 0.4) is 0 Å². The second-order valence-electron chi connectivity index (χ2n) is 7.19. The van der Waals surface area contributed by atoms with Crippen LogP contribution in [-0.2, 0) is 30.4 Å². The van der Waals surface area contributed by atoms with Gasteiger partial charge in [-0.15, -0.1) is 0 Å². The van der Waals surface area contributed by atoms with Gasteiger partial charge in [-0.2, -0.15) is 11.8 Å². The lowest BCUT2D eigenvalue weighted by Gasteiger charge is -2.24. The number of nitrogens with one attached hydrogen (secondary N) is 3. The Morgan fingerprint density at radius 2 is 1.52 bits per heavy atom. The molecule has 0 bridgehead atoms. The highest BCUT2D eigenvalue weighted by Crippen LogP contribution is 2.07. The van der Waals surface area contributed by atoms with E-state index < -0.39 is 60.8 Å². The van der Waals surface area contributed by atoms with Gasteiger partial charge in [0.25, 0.3) is 0 Å². The standard InChI is InChI=1S/C21H30N4O7S/c1-33-10-9-15(21(31)32)24-20(30)16(11-13-5-3-2-4-6-13)25-19(29)14(7-8-18(27)28)23-17(26)12-22/h2-6,14-16H,7-12,22H2,1H3,(H,23,26)(H,24,30)(H,25,29)(H,27,28)(H,31,32). The first-order chi connectivity index (χ1) is 15.7. The van der Waals surface area contributed by atoms with Crippen molar-refractivity contribution in [3.05, 3.63) is 35.9 Å². The third-order valence-electron chi connectivity index (χ3n) is 4.62. The van der Waals surface area contributed by atoms with E-state index >= 15 is 0 Å². The maximum atomic E-state index is 12.9. The number of carboxylic acid groups (broad SMARTS) is 2. The normalized spacial score (nSPS) is 13.3. The van der Waals surface area contributed by atoms with Gasteiger partial charge in [-0.3, -0.25) is 19.2 Å². The lowest BCUT2D eigenvalue weighted by Crippen LogP contribution is -2.57. The van der Waals surface area contributed by atoms with Gasteiger partial charge in [0, 0.05) is 12.8 Å². The summed E-state index contributed by atoms with van der Waals surface area (Å²) in [5, 5.41) is 25.7. The zero-order chi connectivity index (χ0) is 24.8. The molecule has 3 atom stereocenters. The monoisotopic (exact) mass is 482 g/mol. The smallest absolute Gasteiger partial charge is 0.326 e. The van der Waals surface area contributed by atoms with Crippen molar-refractivity contribution >= 4 is 41.4 Å². The number of nitrogens with two attached hydrogens (primary N) is 1. The van der Waals surface area contributed by atoms with Crippen LogP contribution in [0.4, 0.5) is 0 Å². The van der Waals surface area contributed by atoms with E-state index in [-0.39, 0.29) is 19.3 Å². The molecule has 1 aromatic rings. The van der Waals surface area contributed by atoms with Crippen LogP contribution in [0, 0.1) is 0 Å². The number of carbonyl (C=O) groups is 5. The Morgan fingerprint density at radius 3 is 2.06 bits per heavy atom. The largest absolute Gasteiger partial charge is 0.481 e. The summed E-state index contributed by atoms with van der Waals surface area (Å²) >= 11 is 1.43. The van der Waals surface area contributed by atoms with Crippen LogP contribution in [-0.4, -0.2) is 76.6 Å². The molecule has 33 heavy (non-hydrogen) atoms. The third kappa shape index (κ3) is 10.8. The van der Waals surface area contributed by atoms with E-state index in [1.54, 1.807) is 30.3 Å². The molecule has 3 amide bonds. The fraction of sp³-hybridized carbons (Fsp3) is 0.476.